The first-order chi connectivity index (χ1) is 15.8. The molecular formula is C20H19N7O6. The van der Waals surface area contributed by atoms with Crippen molar-refractivity contribution < 1.29 is 20.1 Å². The summed E-state index contributed by atoms with van der Waals surface area (Å²) >= 11 is 0. The van der Waals surface area contributed by atoms with E-state index >= 15 is 0 Å². The van der Waals surface area contributed by atoms with E-state index in [9.17, 15) is 24.9 Å². The first kappa shape index (κ1) is 20.8. The Morgan fingerprint density at radius 1 is 1.09 bits per heavy atom. The molecule has 33 heavy (non-hydrogen) atoms. The molecule has 3 heterocycles. The number of aromatic hydroxyl groups is 1. The Morgan fingerprint density at radius 2 is 1.88 bits per heavy atom. The van der Waals surface area contributed by atoms with Crippen molar-refractivity contribution in [2.45, 2.75) is 24.5 Å². The third-order valence-corrected chi connectivity index (χ3v) is 5.50. The van der Waals surface area contributed by atoms with Crippen LogP contribution in [0.3, 0.4) is 0 Å². The lowest BCUT2D eigenvalue weighted by atomic mass is 10.1. The lowest BCUT2D eigenvalue weighted by Gasteiger charge is -2.19. The number of fused-ring (bicyclic) bond motifs is 1. The molecule has 0 radical (unpaired) electrons. The number of phenols is 1. The van der Waals surface area contributed by atoms with Crippen LogP contribution in [0, 0.1) is 0 Å². The van der Waals surface area contributed by atoms with Gasteiger partial charge in [-0.2, -0.15) is 0 Å². The van der Waals surface area contributed by atoms with Gasteiger partial charge in [-0.1, -0.05) is 6.07 Å². The maximum atomic E-state index is 12.1. The molecule has 1 saturated heterocycles. The van der Waals surface area contributed by atoms with Crippen molar-refractivity contribution in [2.24, 2.45) is 0 Å². The van der Waals surface area contributed by atoms with Gasteiger partial charge in [-0.25, -0.2) is 15.0 Å². The molecule has 0 aliphatic carbocycles. The van der Waals surface area contributed by atoms with Crippen molar-refractivity contribution >= 4 is 34.0 Å². The summed E-state index contributed by atoms with van der Waals surface area (Å²) in [6.45, 7) is -0.0714. The fraction of sp³-hybridized carbons (Fsp3) is 0.250. The second-order valence-corrected chi connectivity index (χ2v) is 7.59. The molecule has 0 amide bonds. The number of nitrogens with zero attached hydrogens (tertiary/aromatic N) is 4. The number of hydrogen-bond donors (Lipinski definition) is 6. The van der Waals surface area contributed by atoms with E-state index in [1.807, 2.05) is 0 Å². The van der Waals surface area contributed by atoms with Gasteiger partial charge >= 0.3 is 0 Å². The van der Waals surface area contributed by atoms with E-state index in [1.54, 1.807) is 12.1 Å². The van der Waals surface area contributed by atoms with Crippen LogP contribution in [0.15, 0.2) is 46.5 Å². The fourth-order valence-corrected chi connectivity index (χ4v) is 3.79. The number of anilines is 4. The predicted octanol–water partition coefficient (Wildman–Crippen LogP) is -0.815. The maximum absolute atomic E-state index is 12.1. The number of aliphatic hydroxyl groups excluding tert-OH is 2. The fourth-order valence-electron chi connectivity index (χ4n) is 3.79. The highest BCUT2D eigenvalue weighted by Gasteiger charge is 2.44. The first-order valence-corrected chi connectivity index (χ1v) is 9.93. The molecule has 4 aromatic rings. The Morgan fingerprint density at radius 3 is 2.67 bits per heavy atom. The van der Waals surface area contributed by atoms with Crippen LogP contribution >= 0.6 is 0 Å². The Labute approximate surface area is 184 Å². The number of rotatable bonds is 6. The molecule has 7 N–H and O–H groups in total. The van der Waals surface area contributed by atoms with Crippen molar-refractivity contribution in [1.82, 2.24) is 19.5 Å². The van der Waals surface area contributed by atoms with Gasteiger partial charge in [-0.05, 0) is 12.1 Å². The van der Waals surface area contributed by atoms with Crippen LogP contribution in [0.1, 0.15) is 6.23 Å². The number of benzene rings is 1. The summed E-state index contributed by atoms with van der Waals surface area (Å²) in [6, 6.07) is 6.07. The van der Waals surface area contributed by atoms with E-state index < -0.39 is 35.4 Å². The van der Waals surface area contributed by atoms with Gasteiger partial charge in [0.05, 0.1) is 6.33 Å². The number of imidazole rings is 1. The average molecular weight is 453 g/mol. The molecular weight excluding hydrogens is 434 g/mol. The molecule has 1 aliphatic heterocycles. The van der Waals surface area contributed by atoms with Crippen LogP contribution in [-0.2, 0) is 4.74 Å². The Hall–Kier alpha value is -4.07. The monoisotopic (exact) mass is 453 g/mol. The van der Waals surface area contributed by atoms with Crippen LogP contribution in [0.5, 0.6) is 5.75 Å². The molecule has 0 bridgehead atoms. The van der Waals surface area contributed by atoms with Gasteiger partial charge in [0, 0.05) is 18.3 Å². The van der Waals surface area contributed by atoms with E-state index in [4.69, 9.17) is 10.5 Å². The minimum absolute atomic E-state index is 0.00484. The van der Waals surface area contributed by atoms with Gasteiger partial charge in [0.2, 0.25) is 0 Å². The van der Waals surface area contributed by atoms with Gasteiger partial charge in [0.15, 0.2) is 17.7 Å². The molecule has 2 aromatic carbocycles. The molecule has 13 nitrogen and oxygen atoms in total. The Balaban J connectivity index is 1.32. The van der Waals surface area contributed by atoms with Crippen molar-refractivity contribution in [2.75, 3.05) is 22.9 Å². The summed E-state index contributed by atoms with van der Waals surface area (Å²) in [5.74, 6) is 0.159. The van der Waals surface area contributed by atoms with Crippen LogP contribution in [0.4, 0.5) is 22.9 Å². The molecule has 1 fully saturated rings. The summed E-state index contributed by atoms with van der Waals surface area (Å²) in [5, 5.41) is 36.2. The number of phenolic OH excluding ortho intramolecular Hbond substituents is 1. The standard InChI is InChI=1S/C20H19N7O6/c21-18-13-19(24-6-23-18)27(7-25-13)20-17(32)14(29)10(33-20)5-22-11-12(16(31)15(11)30)26-8-2-1-3-9(28)4-8/h1-4,6-7,10,14,17,20,22,26,28-29,32H,5H2,(H2,21,23,24)/t10-,14-,17-,20-/m1/s1. The van der Waals surface area contributed by atoms with Gasteiger partial charge < -0.3 is 36.4 Å². The molecule has 170 valence electrons. The normalized spacial score (nSPS) is 22.7. The van der Waals surface area contributed by atoms with Crippen molar-refractivity contribution in [3.05, 3.63) is 57.4 Å². The van der Waals surface area contributed by atoms with E-state index in [0.29, 0.717) is 16.9 Å². The molecule has 13 heteroatoms. The zero-order chi connectivity index (χ0) is 23.3. The molecule has 0 spiro atoms. The van der Waals surface area contributed by atoms with Crippen LogP contribution in [-0.4, -0.2) is 59.7 Å². The zero-order valence-corrected chi connectivity index (χ0v) is 16.9. The number of aliphatic hydroxyl groups is 2. The number of nitrogens with one attached hydrogen (secondary N) is 2. The highest BCUT2D eigenvalue weighted by molar-refractivity contribution is 5.81. The lowest BCUT2D eigenvalue weighted by Crippen LogP contribution is -2.40. The largest absolute Gasteiger partial charge is 0.508 e. The second kappa shape index (κ2) is 7.81. The number of nitrogens with two attached hydrogens (primary N) is 1. The van der Waals surface area contributed by atoms with Crippen molar-refractivity contribution in [1.29, 1.82) is 0 Å². The smallest absolute Gasteiger partial charge is 0.253 e. The summed E-state index contributed by atoms with van der Waals surface area (Å²) in [7, 11) is 0. The van der Waals surface area contributed by atoms with Crippen LogP contribution < -0.4 is 27.2 Å². The molecule has 4 atom stereocenters. The molecule has 1 aliphatic rings. The van der Waals surface area contributed by atoms with Crippen LogP contribution in [0.2, 0.25) is 0 Å². The SMILES string of the molecule is Nc1ncnc2c1ncn2[C@@H]1O[C@H](CNc2c(Nc3cccc(O)c3)c(=O)c2=O)[C@@H](O)[C@H]1O. The lowest BCUT2D eigenvalue weighted by molar-refractivity contribution is -0.0312. The Bertz CT molecular complexity index is 1410. The molecule has 0 saturated carbocycles. The third-order valence-electron chi connectivity index (χ3n) is 5.50. The minimum Gasteiger partial charge on any atom is -0.508 e. The molecule has 5 rings (SSSR count). The number of aromatic nitrogens is 4. The van der Waals surface area contributed by atoms with Gasteiger partial charge in [-0.15, -0.1) is 0 Å². The molecule has 2 aromatic heterocycles. The highest BCUT2D eigenvalue weighted by Crippen LogP contribution is 2.32. The first-order valence-electron chi connectivity index (χ1n) is 9.93. The summed E-state index contributed by atoms with van der Waals surface area (Å²) in [5.41, 5.74) is 5.47. The van der Waals surface area contributed by atoms with Gasteiger partial charge in [0.1, 0.15) is 47.3 Å². The summed E-state index contributed by atoms with van der Waals surface area (Å²) in [4.78, 5) is 36.2. The quantitative estimate of drug-likeness (QED) is 0.199. The summed E-state index contributed by atoms with van der Waals surface area (Å²) < 4.78 is 7.25. The van der Waals surface area contributed by atoms with Gasteiger partial charge in [-0.3, -0.25) is 14.2 Å². The number of ether oxygens (including phenoxy) is 1. The minimum atomic E-state index is -1.32. The predicted molar refractivity (Wildman–Crippen MR) is 117 cm³/mol. The summed E-state index contributed by atoms with van der Waals surface area (Å²) in [6.07, 6.45) is -1.92. The maximum Gasteiger partial charge on any atom is 0.253 e. The van der Waals surface area contributed by atoms with E-state index in [0.717, 1.165) is 0 Å². The third kappa shape index (κ3) is 3.44. The number of nitrogen functional groups attached to an aromatic ring is 1. The van der Waals surface area contributed by atoms with E-state index in [1.165, 1.54) is 29.4 Å². The second-order valence-electron chi connectivity index (χ2n) is 7.59. The van der Waals surface area contributed by atoms with Crippen LogP contribution in [0.25, 0.3) is 11.2 Å². The van der Waals surface area contributed by atoms with E-state index in [2.05, 4.69) is 25.6 Å². The highest BCUT2D eigenvalue weighted by atomic mass is 16.6. The van der Waals surface area contributed by atoms with Crippen molar-refractivity contribution in [3.8, 4) is 5.75 Å². The number of hydrogen-bond acceptors (Lipinski definition) is 12. The Kier molecular flexibility index (Phi) is 4.92. The zero-order valence-electron chi connectivity index (χ0n) is 16.9. The molecule has 0 unspecified atom stereocenters. The topological polar surface area (TPSA) is 198 Å². The van der Waals surface area contributed by atoms with E-state index in [-0.39, 0.29) is 29.5 Å². The van der Waals surface area contributed by atoms with Crippen molar-refractivity contribution in [3.63, 3.8) is 0 Å². The van der Waals surface area contributed by atoms with Gasteiger partial charge in [0.25, 0.3) is 10.9 Å². The average Bonchev–Trinajstić information content (AvgIpc) is 3.35.